The number of nitrogens with one attached hydrogen (secondary N) is 1. The second kappa shape index (κ2) is 59.0. The first-order valence-corrected chi connectivity index (χ1v) is 33.2. The molecular formula is C70H120N2O6P+. The third kappa shape index (κ3) is 61.8. The number of phosphoric acid groups is 1. The molecule has 0 radical (unpaired) electrons. The third-order valence-electron chi connectivity index (χ3n) is 13.3. The molecule has 0 aliphatic rings. The molecule has 8 nitrogen and oxygen atoms in total. The first-order valence-electron chi connectivity index (χ1n) is 31.7. The van der Waals surface area contributed by atoms with Gasteiger partial charge in [0.1, 0.15) is 13.2 Å². The summed E-state index contributed by atoms with van der Waals surface area (Å²) in [5.74, 6) is -0.197. The molecule has 0 fully saturated rings. The van der Waals surface area contributed by atoms with E-state index in [2.05, 4.69) is 153 Å². The minimum Gasteiger partial charge on any atom is -0.387 e. The van der Waals surface area contributed by atoms with Crippen molar-refractivity contribution in [2.75, 3.05) is 40.9 Å². The van der Waals surface area contributed by atoms with E-state index in [1.807, 2.05) is 27.2 Å². The highest BCUT2D eigenvalue weighted by molar-refractivity contribution is 7.47. The SMILES string of the molecule is CC/C=C\C/C=C\C/C=C\C/C=C\C/C=C\C/C=C\C/C=C\C/C=C\C/C=C\C/C=C\CCCCCCCCCCCCC(=O)NC(COP(=O)(O)OCC[N+](C)(C)C)C(O)/C=C/CC/C=C/CCCCCCCCCCCC. The molecule has 0 spiro atoms. The zero-order valence-electron chi connectivity index (χ0n) is 51.3. The van der Waals surface area contributed by atoms with Crippen molar-refractivity contribution < 1.29 is 32.9 Å². The van der Waals surface area contributed by atoms with Crippen LogP contribution < -0.4 is 5.32 Å². The molecule has 0 aromatic heterocycles. The van der Waals surface area contributed by atoms with Gasteiger partial charge in [-0.3, -0.25) is 13.8 Å². The Morgan fingerprint density at radius 1 is 0.443 bits per heavy atom. The second-order valence-electron chi connectivity index (χ2n) is 22.0. The Labute approximate surface area is 487 Å². The van der Waals surface area contributed by atoms with Crippen LogP contribution >= 0.6 is 7.82 Å². The van der Waals surface area contributed by atoms with E-state index in [4.69, 9.17) is 9.05 Å². The Hall–Kier alpha value is -3.62. The van der Waals surface area contributed by atoms with Crippen molar-refractivity contribution in [3.63, 3.8) is 0 Å². The molecule has 0 heterocycles. The summed E-state index contributed by atoms with van der Waals surface area (Å²) in [7, 11) is 1.54. The number of hydrogen-bond donors (Lipinski definition) is 3. The number of likely N-dealkylation sites (N-methyl/N-ethyl adjacent to an activating group) is 1. The number of hydrogen-bond acceptors (Lipinski definition) is 5. The largest absolute Gasteiger partial charge is 0.472 e. The monoisotopic (exact) mass is 1120 g/mol. The molecule has 1 amide bonds. The average molecular weight is 1120 g/mol. The number of amides is 1. The zero-order chi connectivity index (χ0) is 57.7. The van der Waals surface area contributed by atoms with Crippen LogP contribution in [-0.2, 0) is 18.4 Å². The lowest BCUT2D eigenvalue weighted by Gasteiger charge is -2.25. The van der Waals surface area contributed by atoms with Gasteiger partial charge in [-0.1, -0.05) is 269 Å². The van der Waals surface area contributed by atoms with Crippen molar-refractivity contribution >= 4 is 13.7 Å². The van der Waals surface area contributed by atoms with Gasteiger partial charge in [0.15, 0.2) is 0 Å². The van der Waals surface area contributed by atoms with Crippen molar-refractivity contribution in [3.8, 4) is 0 Å². The van der Waals surface area contributed by atoms with Gasteiger partial charge in [-0.05, 0) is 109 Å². The highest BCUT2D eigenvalue weighted by atomic mass is 31.2. The zero-order valence-corrected chi connectivity index (χ0v) is 52.2. The first kappa shape index (κ1) is 75.4. The van der Waals surface area contributed by atoms with Gasteiger partial charge in [0.25, 0.3) is 0 Å². The van der Waals surface area contributed by atoms with E-state index < -0.39 is 20.0 Å². The van der Waals surface area contributed by atoms with Crippen LogP contribution in [0.3, 0.4) is 0 Å². The fourth-order valence-electron chi connectivity index (χ4n) is 8.38. The van der Waals surface area contributed by atoms with E-state index in [1.165, 1.54) is 109 Å². The minimum atomic E-state index is -4.37. The van der Waals surface area contributed by atoms with Crippen LogP contribution in [-0.4, -0.2) is 73.4 Å². The molecule has 0 aromatic rings. The minimum absolute atomic E-state index is 0.0488. The lowest BCUT2D eigenvalue weighted by Crippen LogP contribution is -2.45. The summed E-state index contributed by atoms with van der Waals surface area (Å²) in [4.78, 5) is 23.3. The lowest BCUT2D eigenvalue weighted by atomic mass is 10.0. The highest BCUT2D eigenvalue weighted by Gasteiger charge is 2.27. The summed E-state index contributed by atoms with van der Waals surface area (Å²) < 4.78 is 23.7. The van der Waals surface area contributed by atoms with Gasteiger partial charge in [-0.25, -0.2) is 4.57 Å². The topological polar surface area (TPSA) is 105 Å². The fourth-order valence-corrected chi connectivity index (χ4v) is 9.12. The summed E-state index contributed by atoms with van der Waals surface area (Å²) in [5, 5.41) is 13.9. The number of carbonyl (C=O) groups excluding carboxylic acids is 1. The molecule has 3 atom stereocenters. The van der Waals surface area contributed by atoms with Crippen LogP contribution in [0.25, 0.3) is 0 Å². The van der Waals surface area contributed by atoms with Crippen LogP contribution in [0.2, 0.25) is 0 Å². The molecule has 0 aliphatic heterocycles. The summed E-state index contributed by atoms with van der Waals surface area (Å²) in [6.45, 7) is 4.66. The number of allylic oxidation sites excluding steroid dienone is 23. The van der Waals surface area contributed by atoms with E-state index in [1.54, 1.807) is 6.08 Å². The Bertz CT molecular complexity index is 1790. The molecule has 0 bridgehead atoms. The number of phosphoric ester groups is 1. The Morgan fingerprint density at radius 2 is 0.772 bits per heavy atom. The molecule has 79 heavy (non-hydrogen) atoms. The predicted octanol–water partition coefficient (Wildman–Crippen LogP) is 20.0. The maximum absolute atomic E-state index is 13.0. The van der Waals surface area contributed by atoms with E-state index >= 15 is 0 Å². The number of carbonyl (C=O) groups is 1. The van der Waals surface area contributed by atoms with E-state index in [9.17, 15) is 19.4 Å². The van der Waals surface area contributed by atoms with Crippen LogP contribution in [0.1, 0.15) is 239 Å². The second-order valence-corrected chi connectivity index (χ2v) is 23.5. The highest BCUT2D eigenvalue weighted by Crippen LogP contribution is 2.43. The number of aliphatic hydroxyl groups excluding tert-OH is 1. The summed E-state index contributed by atoms with van der Waals surface area (Å²) in [6.07, 6.45) is 91.1. The predicted molar refractivity (Wildman–Crippen MR) is 345 cm³/mol. The normalized spacial score (nSPS) is 14.8. The molecule has 0 aliphatic carbocycles. The maximum atomic E-state index is 13.0. The molecule has 0 saturated heterocycles. The van der Waals surface area contributed by atoms with Crippen molar-refractivity contribution in [1.29, 1.82) is 0 Å². The lowest BCUT2D eigenvalue weighted by molar-refractivity contribution is -0.870. The van der Waals surface area contributed by atoms with Crippen molar-refractivity contribution in [2.45, 2.75) is 251 Å². The average Bonchev–Trinajstić information content (AvgIpc) is 3.42. The maximum Gasteiger partial charge on any atom is 0.472 e. The summed E-state index contributed by atoms with van der Waals surface area (Å²) >= 11 is 0. The van der Waals surface area contributed by atoms with Gasteiger partial charge in [-0.15, -0.1) is 0 Å². The summed E-state index contributed by atoms with van der Waals surface area (Å²) in [5.41, 5.74) is 0. The van der Waals surface area contributed by atoms with Gasteiger partial charge in [0.2, 0.25) is 5.91 Å². The van der Waals surface area contributed by atoms with Crippen LogP contribution in [0.4, 0.5) is 0 Å². The quantitative estimate of drug-likeness (QED) is 0.0243. The molecule has 450 valence electrons. The molecule has 0 rings (SSSR count). The van der Waals surface area contributed by atoms with Crippen LogP contribution in [0, 0.1) is 0 Å². The Morgan fingerprint density at radius 3 is 1.16 bits per heavy atom. The molecule has 9 heteroatoms. The van der Waals surface area contributed by atoms with Gasteiger partial charge in [-0.2, -0.15) is 0 Å². The molecule has 3 N–H and O–H groups in total. The van der Waals surface area contributed by atoms with E-state index in [0.29, 0.717) is 17.4 Å². The molecule has 3 unspecified atom stereocenters. The smallest absolute Gasteiger partial charge is 0.387 e. The summed E-state index contributed by atoms with van der Waals surface area (Å²) in [6, 6.07) is -0.875. The van der Waals surface area contributed by atoms with Crippen molar-refractivity contribution in [1.82, 2.24) is 5.32 Å². The van der Waals surface area contributed by atoms with Gasteiger partial charge in [0, 0.05) is 6.42 Å². The fraction of sp³-hybridized carbons (Fsp3) is 0.643. The standard InChI is InChI=1S/C70H119N2O6P/c1-6-8-10-12-14-16-18-20-22-24-25-26-27-28-29-30-31-32-33-34-35-36-37-38-39-40-41-42-43-44-45-46-47-48-50-52-54-56-58-60-62-64-70(74)71-68(67-78-79(75,76)77-66-65-72(3,4)5)69(73)63-61-59-57-55-53-51-49-23-21-19-17-15-13-11-9-7-2/h8,10,14,16,20,22,25-26,28-29,31-32,34-35,37-38,40-41,43-44,53,55,61,63,68-69,73H,6-7,9,11-13,15,17-19,21,23-24,27,30,33,36,39,42,45-52,54,56-60,62,64-67H2,1-5H3,(H-,71,74,75,76)/p+1/b10-8-,16-14-,22-20-,26-25-,29-28-,32-31-,35-34-,38-37-,41-40-,44-43-,55-53+,63-61+. The Kier molecular flexibility index (Phi) is 56.3. The van der Waals surface area contributed by atoms with Gasteiger partial charge >= 0.3 is 7.82 Å². The first-order chi connectivity index (χ1) is 38.5. The van der Waals surface area contributed by atoms with Gasteiger partial charge in [0.05, 0.1) is 39.9 Å². The van der Waals surface area contributed by atoms with E-state index in [-0.39, 0.29) is 19.1 Å². The Balaban J connectivity index is 4.13. The number of aliphatic hydroxyl groups is 1. The molecule has 0 saturated carbocycles. The van der Waals surface area contributed by atoms with Crippen LogP contribution in [0.15, 0.2) is 146 Å². The number of quaternary nitrogens is 1. The third-order valence-corrected chi connectivity index (χ3v) is 14.3. The number of unbranched alkanes of at least 4 members (excludes halogenated alkanes) is 21. The van der Waals surface area contributed by atoms with Gasteiger partial charge < -0.3 is 19.8 Å². The number of nitrogens with zero attached hydrogens (tertiary/aromatic N) is 1. The molecular weight excluding hydrogens is 996 g/mol. The van der Waals surface area contributed by atoms with Crippen molar-refractivity contribution in [3.05, 3.63) is 146 Å². The van der Waals surface area contributed by atoms with Crippen LogP contribution in [0.5, 0.6) is 0 Å². The van der Waals surface area contributed by atoms with Crippen molar-refractivity contribution in [2.24, 2.45) is 0 Å². The molecule has 0 aromatic carbocycles. The number of rotatable bonds is 56. The van der Waals surface area contributed by atoms with E-state index in [0.717, 1.165) is 109 Å².